The lowest BCUT2D eigenvalue weighted by Crippen LogP contribution is -2.13. The number of hydrogen-bond acceptors (Lipinski definition) is 4. The van der Waals surface area contributed by atoms with E-state index >= 15 is 0 Å². The molecule has 0 aliphatic rings. The second-order valence-corrected chi connectivity index (χ2v) is 6.12. The number of amides is 1. The summed E-state index contributed by atoms with van der Waals surface area (Å²) < 4.78 is 5.14. The van der Waals surface area contributed by atoms with E-state index in [1.165, 1.54) is 0 Å². The number of carbonyl (C=O) groups is 1. The highest BCUT2D eigenvalue weighted by Crippen LogP contribution is 2.20. The van der Waals surface area contributed by atoms with Gasteiger partial charge in [0.25, 0.3) is 5.91 Å². The highest BCUT2D eigenvalue weighted by atomic mass is 16.5. The molecule has 0 spiro atoms. The monoisotopic (exact) mass is 347 g/mol. The first kappa shape index (κ1) is 17.5. The zero-order valence-electron chi connectivity index (χ0n) is 15.0. The van der Waals surface area contributed by atoms with E-state index in [9.17, 15) is 4.79 Å². The molecular weight excluding hydrogens is 326 g/mol. The van der Waals surface area contributed by atoms with Crippen LogP contribution in [0.5, 0.6) is 5.75 Å². The van der Waals surface area contributed by atoms with Gasteiger partial charge in [-0.25, -0.2) is 4.98 Å². The van der Waals surface area contributed by atoms with Crippen molar-refractivity contribution in [2.45, 2.75) is 13.8 Å². The summed E-state index contributed by atoms with van der Waals surface area (Å²) in [7, 11) is 1.63. The summed E-state index contributed by atoms with van der Waals surface area (Å²) in [6.07, 6.45) is 1.64. The second kappa shape index (κ2) is 7.70. The van der Waals surface area contributed by atoms with Crippen LogP contribution < -0.4 is 15.4 Å². The summed E-state index contributed by atoms with van der Waals surface area (Å²) in [5.74, 6) is 0.568. The number of pyridine rings is 1. The first-order valence-electron chi connectivity index (χ1n) is 8.30. The Balaban J connectivity index is 1.67. The maximum Gasteiger partial charge on any atom is 0.274 e. The lowest BCUT2D eigenvalue weighted by Gasteiger charge is -2.09. The molecule has 5 heteroatoms. The van der Waals surface area contributed by atoms with Crippen LogP contribution in [0.15, 0.2) is 60.8 Å². The van der Waals surface area contributed by atoms with Gasteiger partial charge in [0.1, 0.15) is 11.4 Å². The molecule has 1 heterocycles. The third-order valence-corrected chi connectivity index (χ3v) is 3.85. The number of aromatic nitrogens is 1. The summed E-state index contributed by atoms with van der Waals surface area (Å²) in [5, 5.41) is 6.12. The number of nitrogens with zero attached hydrogens (tertiary/aromatic N) is 1. The molecule has 0 aliphatic heterocycles. The molecule has 3 aromatic rings. The molecule has 0 saturated carbocycles. The molecule has 5 nitrogen and oxygen atoms in total. The van der Waals surface area contributed by atoms with Crippen molar-refractivity contribution in [2.75, 3.05) is 17.7 Å². The van der Waals surface area contributed by atoms with E-state index in [1.54, 1.807) is 19.4 Å². The average Bonchev–Trinajstić information content (AvgIpc) is 2.62. The van der Waals surface area contributed by atoms with Crippen LogP contribution in [0.1, 0.15) is 21.6 Å². The molecule has 2 N–H and O–H groups in total. The van der Waals surface area contributed by atoms with Crippen molar-refractivity contribution in [3.63, 3.8) is 0 Å². The topological polar surface area (TPSA) is 63.2 Å². The van der Waals surface area contributed by atoms with Gasteiger partial charge in [-0.05, 0) is 73.5 Å². The van der Waals surface area contributed by atoms with Gasteiger partial charge in [0.05, 0.1) is 19.0 Å². The van der Waals surface area contributed by atoms with E-state index in [4.69, 9.17) is 4.74 Å². The fourth-order valence-corrected chi connectivity index (χ4v) is 2.69. The fourth-order valence-electron chi connectivity index (χ4n) is 2.69. The maximum atomic E-state index is 12.4. The van der Waals surface area contributed by atoms with Gasteiger partial charge < -0.3 is 15.4 Å². The van der Waals surface area contributed by atoms with Crippen molar-refractivity contribution in [1.29, 1.82) is 0 Å². The Kier molecular flexibility index (Phi) is 5.17. The predicted octanol–water partition coefficient (Wildman–Crippen LogP) is 4.70. The van der Waals surface area contributed by atoms with Crippen molar-refractivity contribution >= 4 is 23.0 Å². The van der Waals surface area contributed by atoms with E-state index < -0.39 is 0 Å². The Morgan fingerprint density at radius 3 is 2.12 bits per heavy atom. The van der Waals surface area contributed by atoms with Crippen LogP contribution in [-0.2, 0) is 0 Å². The minimum atomic E-state index is -0.231. The van der Waals surface area contributed by atoms with Gasteiger partial charge >= 0.3 is 0 Å². The average molecular weight is 347 g/mol. The molecular formula is C21H21N3O2. The third-order valence-electron chi connectivity index (χ3n) is 3.85. The van der Waals surface area contributed by atoms with Crippen LogP contribution in [-0.4, -0.2) is 18.0 Å². The number of methoxy groups -OCH3 is 1. The van der Waals surface area contributed by atoms with Gasteiger partial charge in [0.15, 0.2) is 0 Å². The highest BCUT2D eigenvalue weighted by Gasteiger charge is 2.08. The number of hydrogen-bond donors (Lipinski definition) is 2. The Morgan fingerprint density at radius 1 is 0.885 bits per heavy atom. The van der Waals surface area contributed by atoms with Crippen LogP contribution in [0.4, 0.5) is 17.1 Å². The Morgan fingerprint density at radius 2 is 1.54 bits per heavy atom. The van der Waals surface area contributed by atoms with Gasteiger partial charge in [-0.1, -0.05) is 6.07 Å². The molecule has 26 heavy (non-hydrogen) atoms. The molecule has 1 amide bonds. The highest BCUT2D eigenvalue weighted by molar-refractivity contribution is 6.03. The van der Waals surface area contributed by atoms with Crippen molar-refractivity contribution in [2.24, 2.45) is 0 Å². The van der Waals surface area contributed by atoms with E-state index in [0.717, 1.165) is 33.9 Å². The number of ether oxygens (including phenoxy) is 1. The Hall–Kier alpha value is -3.34. The maximum absolute atomic E-state index is 12.4. The zero-order valence-corrected chi connectivity index (χ0v) is 15.0. The first-order valence-corrected chi connectivity index (χ1v) is 8.30. The summed E-state index contributed by atoms with van der Waals surface area (Å²) in [4.78, 5) is 16.6. The van der Waals surface area contributed by atoms with Crippen LogP contribution in [0.2, 0.25) is 0 Å². The van der Waals surface area contributed by atoms with Gasteiger partial charge in [-0.15, -0.1) is 0 Å². The molecule has 1 aromatic heterocycles. The Labute approximate surface area is 153 Å². The van der Waals surface area contributed by atoms with Crippen molar-refractivity contribution in [1.82, 2.24) is 4.98 Å². The molecule has 0 bridgehead atoms. The van der Waals surface area contributed by atoms with Gasteiger partial charge in [0.2, 0.25) is 0 Å². The lowest BCUT2D eigenvalue weighted by atomic mass is 10.1. The minimum absolute atomic E-state index is 0.231. The largest absolute Gasteiger partial charge is 0.497 e. The van der Waals surface area contributed by atoms with Crippen molar-refractivity contribution < 1.29 is 9.53 Å². The van der Waals surface area contributed by atoms with Crippen LogP contribution >= 0.6 is 0 Å². The van der Waals surface area contributed by atoms with Gasteiger partial charge in [0, 0.05) is 11.4 Å². The number of aryl methyl sites for hydroxylation is 2. The SMILES string of the molecule is COc1ccc(Nc2ccc(C(=O)Nc3cc(C)cc(C)c3)nc2)cc1. The van der Waals surface area contributed by atoms with Crippen molar-refractivity contribution in [3.8, 4) is 5.75 Å². The van der Waals surface area contributed by atoms with Crippen LogP contribution in [0.25, 0.3) is 0 Å². The molecule has 3 rings (SSSR count). The number of nitrogens with one attached hydrogen (secondary N) is 2. The number of anilines is 3. The molecule has 2 aromatic carbocycles. The Bertz CT molecular complexity index is 883. The number of rotatable bonds is 5. The smallest absolute Gasteiger partial charge is 0.274 e. The zero-order chi connectivity index (χ0) is 18.5. The quantitative estimate of drug-likeness (QED) is 0.702. The minimum Gasteiger partial charge on any atom is -0.497 e. The summed E-state index contributed by atoms with van der Waals surface area (Å²) in [5.41, 5.74) is 5.07. The molecule has 0 fully saturated rings. The van der Waals surface area contributed by atoms with E-state index in [2.05, 4.69) is 21.7 Å². The molecule has 0 aliphatic carbocycles. The van der Waals surface area contributed by atoms with Crippen LogP contribution in [0.3, 0.4) is 0 Å². The standard InChI is InChI=1S/C21H21N3O2/c1-14-10-15(2)12-18(11-14)24-21(25)20-9-6-17(13-22-20)23-16-4-7-19(26-3)8-5-16/h4-13,23H,1-3H3,(H,24,25). The van der Waals surface area contributed by atoms with Gasteiger partial charge in [-0.2, -0.15) is 0 Å². The molecule has 0 radical (unpaired) electrons. The summed E-state index contributed by atoms with van der Waals surface area (Å²) in [6.45, 7) is 4.00. The third kappa shape index (κ3) is 4.39. The summed E-state index contributed by atoms with van der Waals surface area (Å²) >= 11 is 0. The predicted molar refractivity (Wildman–Crippen MR) is 104 cm³/mol. The summed E-state index contributed by atoms with van der Waals surface area (Å²) in [6, 6.07) is 17.0. The first-order chi connectivity index (χ1) is 12.5. The normalized spacial score (nSPS) is 10.3. The van der Waals surface area contributed by atoms with Gasteiger partial charge in [-0.3, -0.25) is 4.79 Å². The van der Waals surface area contributed by atoms with E-state index in [0.29, 0.717) is 5.69 Å². The van der Waals surface area contributed by atoms with E-state index in [1.807, 2.05) is 56.3 Å². The number of benzene rings is 2. The molecule has 0 saturated heterocycles. The van der Waals surface area contributed by atoms with Crippen LogP contribution in [0, 0.1) is 13.8 Å². The molecule has 132 valence electrons. The number of carbonyl (C=O) groups excluding carboxylic acids is 1. The second-order valence-electron chi connectivity index (χ2n) is 6.12. The fraction of sp³-hybridized carbons (Fsp3) is 0.143. The van der Waals surface area contributed by atoms with Crippen molar-refractivity contribution in [3.05, 3.63) is 77.6 Å². The van der Waals surface area contributed by atoms with E-state index in [-0.39, 0.29) is 5.91 Å². The molecule has 0 unspecified atom stereocenters. The lowest BCUT2D eigenvalue weighted by molar-refractivity contribution is 0.102. The molecule has 0 atom stereocenters.